The van der Waals surface area contributed by atoms with Gasteiger partial charge in [-0.15, -0.1) is 0 Å². The second-order valence-electron chi connectivity index (χ2n) is 10.4. The molecule has 6 rings (SSSR count). The molecule has 190 valence electrons. The molecule has 37 heavy (non-hydrogen) atoms. The van der Waals surface area contributed by atoms with Crippen LogP contribution in [0, 0.1) is 6.92 Å². The van der Waals surface area contributed by atoms with Gasteiger partial charge in [-0.3, -0.25) is 4.79 Å². The molecular formula is C29H32N6O2. The maximum absolute atomic E-state index is 12.3. The number of hydrogen-bond donors (Lipinski definition) is 1. The molecule has 2 aliphatic rings. The largest absolute Gasteiger partial charge is 0.375 e. The summed E-state index contributed by atoms with van der Waals surface area (Å²) in [7, 11) is 5.69. The molecule has 4 heterocycles. The summed E-state index contributed by atoms with van der Waals surface area (Å²) in [4.78, 5) is 31.7. The monoisotopic (exact) mass is 496 g/mol. The van der Waals surface area contributed by atoms with Crippen LogP contribution in [0.2, 0.25) is 0 Å². The summed E-state index contributed by atoms with van der Waals surface area (Å²) in [6.45, 7) is 6.61. The Balaban J connectivity index is 1.37. The minimum Gasteiger partial charge on any atom is -0.375 e. The highest BCUT2D eigenvalue weighted by Crippen LogP contribution is 2.36. The standard InChI is InChI=1S/C29H32N6O2/c1-18-11-21(12-22-16-37-17-23-15-34(4)9-10-35(23)27(18)22)25-14-31-28-26(32-25)24(13-30-28)19-5-7-20(8-6-19)29(36)33(2)3/h5-8,11-14,23H,9-10,15-17H2,1-4H3,(H,30,31)/t23-/m1/s1. The molecule has 1 fully saturated rings. The Bertz CT molecular complexity index is 1480. The van der Waals surface area contributed by atoms with Gasteiger partial charge in [0.05, 0.1) is 31.1 Å². The van der Waals surface area contributed by atoms with Crippen LogP contribution in [0.25, 0.3) is 33.5 Å². The first kappa shape index (κ1) is 23.6. The number of nitrogens with one attached hydrogen (secondary N) is 1. The summed E-state index contributed by atoms with van der Waals surface area (Å²) >= 11 is 0. The van der Waals surface area contributed by atoms with Gasteiger partial charge in [0.25, 0.3) is 5.91 Å². The van der Waals surface area contributed by atoms with E-state index in [4.69, 9.17) is 9.72 Å². The van der Waals surface area contributed by atoms with Crippen molar-refractivity contribution in [1.29, 1.82) is 0 Å². The van der Waals surface area contributed by atoms with Gasteiger partial charge in [-0.25, -0.2) is 9.97 Å². The summed E-state index contributed by atoms with van der Waals surface area (Å²) in [6.07, 6.45) is 3.76. The Morgan fingerprint density at radius 3 is 2.73 bits per heavy atom. The molecular weight excluding hydrogens is 464 g/mol. The van der Waals surface area contributed by atoms with E-state index in [1.54, 1.807) is 19.0 Å². The molecule has 4 aromatic rings. The van der Waals surface area contributed by atoms with Crippen molar-refractivity contribution in [3.63, 3.8) is 0 Å². The number of carbonyl (C=O) groups is 1. The highest BCUT2D eigenvalue weighted by molar-refractivity contribution is 5.96. The first-order valence-corrected chi connectivity index (χ1v) is 12.7. The molecule has 0 spiro atoms. The first-order chi connectivity index (χ1) is 17.9. The zero-order valence-corrected chi connectivity index (χ0v) is 21.8. The lowest BCUT2D eigenvalue weighted by molar-refractivity contribution is 0.0827. The van der Waals surface area contributed by atoms with E-state index in [1.807, 2.05) is 36.7 Å². The predicted molar refractivity (Wildman–Crippen MR) is 146 cm³/mol. The van der Waals surface area contributed by atoms with Crippen LogP contribution in [0.15, 0.2) is 48.8 Å². The number of carbonyl (C=O) groups excluding carboxylic acids is 1. The van der Waals surface area contributed by atoms with Crippen LogP contribution in [0.4, 0.5) is 5.69 Å². The fourth-order valence-corrected chi connectivity index (χ4v) is 5.58. The van der Waals surface area contributed by atoms with Gasteiger partial charge in [0.15, 0.2) is 5.65 Å². The number of ether oxygens (including phenoxy) is 1. The van der Waals surface area contributed by atoms with E-state index in [0.717, 1.165) is 59.8 Å². The van der Waals surface area contributed by atoms with Crippen LogP contribution in [-0.2, 0) is 11.3 Å². The van der Waals surface area contributed by atoms with Crippen molar-refractivity contribution < 1.29 is 9.53 Å². The van der Waals surface area contributed by atoms with Crippen LogP contribution >= 0.6 is 0 Å². The lowest BCUT2D eigenvalue weighted by Gasteiger charge is -2.41. The summed E-state index contributed by atoms with van der Waals surface area (Å²) in [5.74, 6) is -0.0157. The Morgan fingerprint density at radius 1 is 1.14 bits per heavy atom. The number of H-pyrrole nitrogens is 1. The number of benzene rings is 2. The summed E-state index contributed by atoms with van der Waals surface area (Å²) < 4.78 is 6.12. The van der Waals surface area contributed by atoms with Crippen molar-refractivity contribution in [2.45, 2.75) is 19.6 Å². The summed E-state index contributed by atoms with van der Waals surface area (Å²) in [6, 6.07) is 12.5. The maximum Gasteiger partial charge on any atom is 0.253 e. The van der Waals surface area contributed by atoms with Crippen molar-refractivity contribution in [3.05, 3.63) is 65.5 Å². The normalized spacial score (nSPS) is 17.8. The van der Waals surface area contributed by atoms with Gasteiger partial charge >= 0.3 is 0 Å². The van der Waals surface area contributed by atoms with Crippen LogP contribution in [0.3, 0.4) is 0 Å². The van der Waals surface area contributed by atoms with E-state index in [-0.39, 0.29) is 5.91 Å². The average molecular weight is 497 g/mol. The molecule has 1 saturated heterocycles. The molecule has 2 aliphatic heterocycles. The van der Waals surface area contributed by atoms with Gasteiger partial charge in [-0.1, -0.05) is 12.1 Å². The number of aryl methyl sites for hydroxylation is 1. The van der Waals surface area contributed by atoms with Crippen molar-refractivity contribution in [1.82, 2.24) is 24.8 Å². The third kappa shape index (κ3) is 4.26. The number of anilines is 1. The van der Waals surface area contributed by atoms with Gasteiger partial charge in [-0.2, -0.15) is 0 Å². The van der Waals surface area contributed by atoms with Crippen molar-refractivity contribution in [2.24, 2.45) is 0 Å². The zero-order valence-electron chi connectivity index (χ0n) is 21.8. The zero-order chi connectivity index (χ0) is 25.7. The molecule has 1 atom stereocenters. The predicted octanol–water partition coefficient (Wildman–Crippen LogP) is 3.95. The number of hydrogen-bond acceptors (Lipinski definition) is 6. The smallest absolute Gasteiger partial charge is 0.253 e. The number of aromatic nitrogens is 3. The van der Waals surface area contributed by atoms with Gasteiger partial charge in [0.2, 0.25) is 0 Å². The first-order valence-electron chi connectivity index (χ1n) is 12.7. The Hall–Kier alpha value is -3.75. The summed E-state index contributed by atoms with van der Waals surface area (Å²) in [5.41, 5.74) is 9.79. The summed E-state index contributed by atoms with van der Waals surface area (Å²) in [5, 5.41) is 0. The topological polar surface area (TPSA) is 77.6 Å². The average Bonchev–Trinajstić information content (AvgIpc) is 3.23. The SMILES string of the molecule is Cc1cc(-c2cnc3[nH]cc(-c4ccc(C(=O)N(C)C)cc4)c3n2)cc2c1N1CCN(C)C[C@@H]1COC2. The van der Waals surface area contributed by atoms with Crippen LogP contribution in [-0.4, -0.2) is 84.1 Å². The Kier molecular flexibility index (Phi) is 5.93. The second-order valence-corrected chi connectivity index (χ2v) is 10.4. The van der Waals surface area contributed by atoms with Crippen molar-refractivity contribution >= 4 is 22.8 Å². The molecule has 2 aromatic carbocycles. The van der Waals surface area contributed by atoms with Crippen LogP contribution in [0.5, 0.6) is 0 Å². The number of rotatable bonds is 3. The quantitative estimate of drug-likeness (QED) is 0.463. The molecule has 0 bridgehead atoms. The van der Waals surface area contributed by atoms with Gasteiger partial charge in [-0.05, 0) is 49.4 Å². The van der Waals surface area contributed by atoms with E-state index in [9.17, 15) is 4.79 Å². The minimum absolute atomic E-state index is 0.0157. The molecule has 0 unspecified atom stereocenters. The van der Waals surface area contributed by atoms with Crippen LogP contribution < -0.4 is 4.90 Å². The molecule has 0 radical (unpaired) electrons. The molecule has 8 heteroatoms. The van der Waals surface area contributed by atoms with E-state index < -0.39 is 0 Å². The molecule has 0 saturated carbocycles. The van der Waals surface area contributed by atoms with Gasteiger partial charge in [0.1, 0.15) is 5.52 Å². The molecule has 1 N–H and O–H groups in total. The number of amides is 1. The number of fused-ring (bicyclic) bond motifs is 4. The van der Waals surface area contributed by atoms with E-state index in [0.29, 0.717) is 18.2 Å². The van der Waals surface area contributed by atoms with Gasteiger partial charge < -0.3 is 24.4 Å². The molecule has 1 amide bonds. The van der Waals surface area contributed by atoms with Crippen LogP contribution in [0.1, 0.15) is 21.5 Å². The third-order valence-electron chi connectivity index (χ3n) is 7.45. The molecule has 8 nitrogen and oxygen atoms in total. The Morgan fingerprint density at radius 2 is 1.95 bits per heavy atom. The van der Waals surface area contributed by atoms with E-state index in [1.165, 1.54) is 16.8 Å². The number of likely N-dealkylation sites (N-methyl/N-ethyl adjacent to an activating group) is 1. The minimum atomic E-state index is -0.0157. The third-order valence-corrected chi connectivity index (χ3v) is 7.45. The fourth-order valence-electron chi connectivity index (χ4n) is 5.58. The second kappa shape index (κ2) is 9.28. The number of nitrogens with zero attached hydrogens (tertiary/aromatic N) is 5. The lowest BCUT2D eigenvalue weighted by Crippen LogP contribution is -2.53. The van der Waals surface area contributed by atoms with E-state index >= 15 is 0 Å². The highest BCUT2D eigenvalue weighted by atomic mass is 16.5. The van der Waals surface area contributed by atoms with Gasteiger partial charge in [0, 0.05) is 67.9 Å². The molecule has 0 aliphatic carbocycles. The van der Waals surface area contributed by atoms with Crippen molar-refractivity contribution in [3.8, 4) is 22.4 Å². The lowest BCUT2D eigenvalue weighted by atomic mass is 9.99. The molecule has 2 aromatic heterocycles. The maximum atomic E-state index is 12.3. The highest BCUT2D eigenvalue weighted by Gasteiger charge is 2.31. The Labute approximate surface area is 216 Å². The van der Waals surface area contributed by atoms with E-state index in [2.05, 4.69) is 45.9 Å². The fraction of sp³-hybridized carbons (Fsp3) is 0.345. The van der Waals surface area contributed by atoms with Crippen molar-refractivity contribution in [2.75, 3.05) is 52.3 Å². The number of aromatic amines is 1. The number of piperazine rings is 1.